The molecule has 0 radical (unpaired) electrons. The Labute approximate surface area is 135 Å². The molecule has 2 heterocycles. The van der Waals surface area contributed by atoms with Crippen molar-refractivity contribution in [2.45, 2.75) is 39.0 Å². The largest absolute Gasteiger partial charge is 0.422 e. The molecule has 0 aliphatic carbocycles. The van der Waals surface area contributed by atoms with E-state index in [9.17, 15) is 14.7 Å². The van der Waals surface area contributed by atoms with Crippen LogP contribution in [0.5, 0.6) is 0 Å². The minimum absolute atomic E-state index is 0.00183. The third kappa shape index (κ3) is 1.94. The van der Waals surface area contributed by atoms with Gasteiger partial charge in [-0.3, -0.25) is 4.79 Å². The van der Waals surface area contributed by atoms with Crippen molar-refractivity contribution in [3.05, 3.63) is 44.2 Å². The summed E-state index contributed by atoms with van der Waals surface area (Å²) in [6, 6.07) is 5.08. The second-order valence-corrected chi connectivity index (χ2v) is 7.53. The summed E-state index contributed by atoms with van der Waals surface area (Å²) >= 11 is 3.36. The van der Waals surface area contributed by atoms with Crippen molar-refractivity contribution in [1.29, 1.82) is 0 Å². The average Bonchev–Trinajstić information content (AvgIpc) is 2.57. The van der Waals surface area contributed by atoms with Crippen LogP contribution in [-0.4, -0.2) is 21.5 Å². The van der Waals surface area contributed by atoms with Crippen LogP contribution in [0.2, 0.25) is 0 Å². The first-order valence-corrected chi connectivity index (χ1v) is 7.68. The van der Waals surface area contributed by atoms with Gasteiger partial charge in [0.05, 0.1) is 5.56 Å². The molecule has 0 spiro atoms. The summed E-state index contributed by atoms with van der Waals surface area (Å²) in [7, 11) is 0. The maximum absolute atomic E-state index is 12.9. The van der Waals surface area contributed by atoms with Crippen LogP contribution in [-0.2, 0) is 5.72 Å². The maximum atomic E-state index is 12.9. The summed E-state index contributed by atoms with van der Waals surface area (Å²) in [5.41, 5.74) is -2.50. The van der Waals surface area contributed by atoms with E-state index >= 15 is 0 Å². The molecule has 1 amide bonds. The van der Waals surface area contributed by atoms with Gasteiger partial charge in [0, 0.05) is 15.4 Å². The summed E-state index contributed by atoms with van der Waals surface area (Å²) in [5.74, 6) is -0.372. The van der Waals surface area contributed by atoms with Crippen LogP contribution < -0.4 is 5.63 Å². The van der Waals surface area contributed by atoms with E-state index in [2.05, 4.69) is 15.9 Å². The minimum atomic E-state index is -1.71. The van der Waals surface area contributed by atoms with Gasteiger partial charge in [-0.15, -0.1) is 0 Å². The van der Waals surface area contributed by atoms with Crippen LogP contribution in [0.25, 0.3) is 11.0 Å². The molecule has 1 N–H and O–H groups in total. The predicted molar refractivity (Wildman–Crippen MR) is 85.7 cm³/mol. The van der Waals surface area contributed by atoms with Gasteiger partial charge in [0.25, 0.3) is 5.91 Å². The van der Waals surface area contributed by atoms with Crippen molar-refractivity contribution in [3.8, 4) is 0 Å². The molecular formula is C16H16BrNO4. The van der Waals surface area contributed by atoms with Crippen LogP contribution >= 0.6 is 15.9 Å². The summed E-state index contributed by atoms with van der Waals surface area (Å²) in [6.45, 7) is 6.88. The van der Waals surface area contributed by atoms with Gasteiger partial charge < -0.3 is 14.4 Å². The fourth-order valence-electron chi connectivity index (χ4n) is 3.21. The van der Waals surface area contributed by atoms with Crippen LogP contribution in [0.4, 0.5) is 0 Å². The van der Waals surface area contributed by atoms with Crippen molar-refractivity contribution in [3.63, 3.8) is 0 Å². The topological polar surface area (TPSA) is 70.8 Å². The van der Waals surface area contributed by atoms with Gasteiger partial charge in [0.1, 0.15) is 11.1 Å². The molecule has 5 nitrogen and oxygen atoms in total. The first-order chi connectivity index (χ1) is 10.0. The number of carbonyl (C=O) groups excluding carboxylic acids is 1. The van der Waals surface area contributed by atoms with E-state index in [1.54, 1.807) is 18.2 Å². The van der Waals surface area contributed by atoms with E-state index in [-0.39, 0.29) is 17.0 Å². The Kier molecular flexibility index (Phi) is 3.07. The lowest BCUT2D eigenvalue weighted by atomic mass is 10.00. The molecular weight excluding hydrogens is 350 g/mol. The number of amides is 1. The minimum Gasteiger partial charge on any atom is -0.422 e. The van der Waals surface area contributed by atoms with Gasteiger partial charge in [0.15, 0.2) is 5.72 Å². The molecule has 1 aliphatic heterocycles. The van der Waals surface area contributed by atoms with E-state index in [1.165, 1.54) is 11.8 Å². The number of hydrogen-bond donors (Lipinski definition) is 1. The lowest BCUT2D eigenvalue weighted by Crippen LogP contribution is -2.53. The summed E-state index contributed by atoms with van der Waals surface area (Å²) < 4.78 is 6.05. The number of benzene rings is 1. The van der Waals surface area contributed by atoms with Gasteiger partial charge in [-0.1, -0.05) is 15.9 Å². The number of fused-ring (bicyclic) bond motifs is 3. The van der Waals surface area contributed by atoms with Crippen LogP contribution in [0.1, 0.15) is 43.6 Å². The molecule has 1 unspecified atom stereocenters. The fourth-order valence-corrected chi connectivity index (χ4v) is 3.57. The van der Waals surface area contributed by atoms with Crippen molar-refractivity contribution < 1.29 is 14.3 Å². The molecule has 116 valence electrons. The van der Waals surface area contributed by atoms with E-state index in [4.69, 9.17) is 4.42 Å². The Bertz CT molecular complexity index is 861. The van der Waals surface area contributed by atoms with E-state index < -0.39 is 16.9 Å². The lowest BCUT2D eigenvalue weighted by Gasteiger charge is -2.40. The number of nitrogens with zero attached hydrogens (tertiary/aromatic N) is 1. The number of carbonyl (C=O) groups is 1. The molecule has 22 heavy (non-hydrogen) atoms. The normalized spacial score (nSPS) is 21.5. The first kappa shape index (κ1) is 15.2. The number of halogens is 1. The maximum Gasteiger partial charge on any atom is 0.345 e. The number of hydrogen-bond acceptors (Lipinski definition) is 4. The summed E-state index contributed by atoms with van der Waals surface area (Å²) in [5, 5.41) is 11.4. The summed E-state index contributed by atoms with van der Waals surface area (Å²) in [4.78, 5) is 26.6. The molecule has 0 saturated carbocycles. The highest BCUT2D eigenvalue weighted by Gasteiger charge is 2.53. The van der Waals surface area contributed by atoms with Crippen molar-refractivity contribution in [1.82, 2.24) is 4.90 Å². The SMILES string of the molecule is CC(C)(C)N1C(=O)c2c(c(=O)oc3ccc(Br)cc23)C1(C)O. The standard InChI is InChI=1S/C16H16BrNO4/c1-15(2,3)18-13(19)11-9-7-8(17)5-6-10(9)22-14(20)12(11)16(18,4)21/h5-7,21H,1-4H3. The van der Waals surface area contributed by atoms with Gasteiger partial charge in [-0.05, 0) is 45.9 Å². The Morgan fingerprint density at radius 3 is 2.50 bits per heavy atom. The van der Waals surface area contributed by atoms with Crippen molar-refractivity contribution in [2.75, 3.05) is 0 Å². The molecule has 6 heteroatoms. The number of rotatable bonds is 0. The van der Waals surface area contributed by atoms with E-state index in [0.29, 0.717) is 11.0 Å². The zero-order valence-electron chi connectivity index (χ0n) is 12.7. The molecule has 1 aromatic carbocycles. The second kappa shape index (κ2) is 4.43. The van der Waals surface area contributed by atoms with Crippen LogP contribution in [0.15, 0.2) is 31.9 Å². The zero-order chi connectivity index (χ0) is 16.4. The van der Waals surface area contributed by atoms with Crippen LogP contribution in [0.3, 0.4) is 0 Å². The van der Waals surface area contributed by atoms with E-state index in [0.717, 1.165) is 4.47 Å². The Morgan fingerprint density at radius 1 is 1.27 bits per heavy atom. The molecule has 3 rings (SSSR count). The Morgan fingerprint density at radius 2 is 1.91 bits per heavy atom. The van der Waals surface area contributed by atoms with Gasteiger partial charge in [-0.25, -0.2) is 4.79 Å². The quantitative estimate of drug-likeness (QED) is 0.728. The molecule has 1 atom stereocenters. The Hall–Kier alpha value is -1.66. The molecule has 0 saturated heterocycles. The molecule has 0 fully saturated rings. The molecule has 0 bridgehead atoms. The third-order valence-electron chi connectivity index (χ3n) is 3.86. The van der Waals surface area contributed by atoms with Crippen molar-refractivity contribution in [2.24, 2.45) is 0 Å². The highest BCUT2D eigenvalue weighted by atomic mass is 79.9. The third-order valence-corrected chi connectivity index (χ3v) is 4.36. The number of aliphatic hydroxyl groups is 1. The van der Waals surface area contributed by atoms with Crippen molar-refractivity contribution >= 4 is 32.8 Å². The smallest absolute Gasteiger partial charge is 0.345 e. The fraction of sp³-hybridized carbons (Fsp3) is 0.375. The molecule has 1 aliphatic rings. The Balaban J connectivity index is 2.46. The second-order valence-electron chi connectivity index (χ2n) is 6.61. The predicted octanol–water partition coefficient (Wildman–Crippen LogP) is 2.97. The average molecular weight is 366 g/mol. The highest BCUT2D eigenvalue weighted by molar-refractivity contribution is 9.10. The van der Waals surface area contributed by atoms with E-state index in [1.807, 2.05) is 20.8 Å². The highest BCUT2D eigenvalue weighted by Crippen LogP contribution is 2.42. The monoisotopic (exact) mass is 365 g/mol. The summed E-state index contributed by atoms with van der Waals surface area (Å²) in [6.07, 6.45) is 0. The van der Waals surface area contributed by atoms with Crippen LogP contribution in [0, 0.1) is 0 Å². The first-order valence-electron chi connectivity index (χ1n) is 6.89. The molecule has 1 aromatic heterocycles. The molecule has 2 aromatic rings. The lowest BCUT2D eigenvalue weighted by molar-refractivity contribution is -0.106. The van der Waals surface area contributed by atoms with Gasteiger partial charge >= 0.3 is 5.63 Å². The van der Waals surface area contributed by atoms with Gasteiger partial charge in [-0.2, -0.15) is 0 Å². The zero-order valence-corrected chi connectivity index (χ0v) is 14.3. The van der Waals surface area contributed by atoms with Gasteiger partial charge in [0.2, 0.25) is 0 Å².